The van der Waals surface area contributed by atoms with Gasteiger partial charge in [-0.15, -0.1) is 0 Å². The first-order chi connectivity index (χ1) is 7.20. The van der Waals surface area contributed by atoms with Crippen molar-refractivity contribution >= 4 is 11.7 Å². The van der Waals surface area contributed by atoms with Gasteiger partial charge in [-0.2, -0.15) is 0 Å². The Morgan fingerprint density at radius 2 is 2.40 bits per heavy atom. The molecule has 1 atom stereocenters. The number of aliphatic hydroxyl groups is 1. The molecule has 0 fully saturated rings. The van der Waals surface area contributed by atoms with Crippen LogP contribution in [0.2, 0.25) is 0 Å². The number of rotatable bonds is 2. The monoisotopic (exact) mass is 209 g/mol. The van der Waals surface area contributed by atoms with Crippen LogP contribution in [0, 0.1) is 0 Å². The Bertz CT molecular complexity index is 391. The average molecular weight is 209 g/mol. The van der Waals surface area contributed by atoms with E-state index in [1.54, 1.807) is 6.07 Å². The first-order valence-electron chi connectivity index (χ1n) is 4.58. The number of carbonyl (C=O) groups is 1. The molecule has 0 radical (unpaired) electrons. The zero-order valence-electron chi connectivity index (χ0n) is 7.93. The summed E-state index contributed by atoms with van der Waals surface area (Å²) in [5, 5.41) is 20.7. The number of carboxylic acids is 1. The summed E-state index contributed by atoms with van der Waals surface area (Å²) in [6, 6.07) is 4.48. The molecule has 0 amide bonds. The van der Waals surface area contributed by atoms with Crippen molar-refractivity contribution < 1.29 is 19.7 Å². The number of fused-ring (bicyclic) bond motifs is 1. The Labute approximate surface area is 86.3 Å². The number of nitrogens with one attached hydrogen (secondary N) is 1. The molecule has 0 spiro atoms. The Hall–Kier alpha value is -1.75. The summed E-state index contributed by atoms with van der Waals surface area (Å²) in [5.74, 6) is -0.467. The standard InChI is InChI=1S/C10H11NO4/c12-4-7-5-15-9-3-6(10(13)14)1-2-8(9)11-7/h1-3,7,11-12H,4-5H2,(H,13,14). The lowest BCUT2D eigenvalue weighted by molar-refractivity contribution is 0.0696. The molecule has 5 heteroatoms. The highest BCUT2D eigenvalue weighted by Gasteiger charge is 2.19. The molecule has 5 nitrogen and oxygen atoms in total. The molecule has 1 aromatic rings. The number of benzene rings is 1. The van der Waals surface area contributed by atoms with Crippen molar-refractivity contribution in [1.82, 2.24) is 0 Å². The van der Waals surface area contributed by atoms with Gasteiger partial charge in [0.2, 0.25) is 0 Å². The van der Waals surface area contributed by atoms with Crippen LogP contribution in [0.1, 0.15) is 10.4 Å². The van der Waals surface area contributed by atoms with E-state index in [0.29, 0.717) is 18.0 Å². The Morgan fingerprint density at radius 1 is 1.60 bits per heavy atom. The molecule has 1 aliphatic rings. The minimum atomic E-state index is -0.981. The molecule has 1 aliphatic heterocycles. The highest BCUT2D eigenvalue weighted by atomic mass is 16.5. The quantitative estimate of drug-likeness (QED) is 0.663. The highest BCUT2D eigenvalue weighted by molar-refractivity contribution is 5.89. The van der Waals surface area contributed by atoms with Crippen LogP contribution in [0.3, 0.4) is 0 Å². The van der Waals surface area contributed by atoms with E-state index in [0.717, 1.165) is 0 Å². The van der Waals surface area contributed by atoms with Crippen LogP contribution in [0.4, 0.5) is 5.69 Å². The van der Waals surface area contributed by atoms with Crippen LogP contribution in [0.25, 0.3) is 0 Å². The van der Waals surface area contributed by atoms with Gasteiger partial charge in [-0.3, -0.25) is 0 Å². The number of anilines is 1. The highest BCUT2D eigenvalue weighted by Crippen LogP contribution is 2.29. The number of aliphatic hydroxyl groups excluding tert-OH is 1. The lowest BCUT2D eigenvalue weighted by atomic mass is 10.1. The average Bonchev–Trinajstić information content (AvgIpc) is 2.27. The van der Waals surface area contributed by atoms with Gasteiger partial charge in [0.1, 0.15) is 12.4 Å². The van der Waals surface area contributed by atoms with Crippen molar-refractivity contribution in [2.75, 3.05) is 18.5 Å². The maximum absolute atomic E-state index is 10.7. The maximum Gasteiger partial charge on any atom is 0.335 e. The molecule has 15 heavy (non-hydrogen) atoms. The van der Waals surface area contributed by atoms with Gasteiger partial charge in [-0.25, -0.2) is 4.79 Å². The van der Waals surface area contributed by atoms with Gasteiger partial charge in [0.25, 0.3) is 0 Å². The van der Waals surface area contributed by atoms with E-state index in [9.17, 15) is 4.79 Å². The zero-order chi connectivity index (χ0) is 10.8. The lowest BCUT2D eigenvalue weighted by Gasteiger charge is -2.26. The fraction of sp³-hybridized carbons (Fsp3) is 0.300. The summed E-state index contributed by atoms with van der Waals surface area (Å²) in [5.41, 5.74) is 0.906. The molecule has 0 aromatic heterocycles. The number of hydrogen-bond donors (Lipinski definition) is 3. The van der Waals surface area contributed by atoms with Crippen molar-refractivity contribution in [3.63, 3.8) is 0 Å². The van der Waals surface area contributed by atoms with Crippen LogP contribution in [-0.4, -0.2) is 35.4 Å². The van der Waals surface area contributed by atoms with Gasteiger partial charge in [-0.05, 0) is 18.2 Å². The van der Waals surface area contributed by atoms with Crippen LogP contribution in [-0.2, 0) is 0 Å². The van der Waals surface area contributed by atoms with E-state index in [1.807, 2.05) is 0 Å². The number of hydrogen-bond acceptors (Lipinski definition) is 4. The largest absolute Gasteiger partial charge is 0.489 e. The third-order valence-corrected chi connectivity index (χ3v) is 2.25. The van der Waals surface area contributed by atoms with Gasteiger partial charge in [-0.1, -0.05) is 0 Å². The minimum Gasteiger partial charge on any atom is -0.489 e. The van der Waals surface area contributed by atoms with Crippen LogP contribution < -0.4 is 10.1 Å². The van der Waals surface area contributed by atoms with E-state index in [2.05, 4.69) is 5.32 Å². The number of ether oxygens (including phenoxy) is 1. The van der Waals surface area contributed by atoms with Crippen LogP contribution in [0.15, 0.2) is 18.2 Å². The molecule has 1 heterocycles. The Morgan fingerprint density at radius 3 is 3.07 bits per heavy atom. The van der Waals surface area contributed by atoms with Gasteiger partial charge in [0.05, 0.1) is 23.9 Å². The predicted octanol–water partition coefficient (Wildman–Crippen LogP) is 0.550. The maximum atomic E-state index is 10.7. The van der Waals surface area contributed by atoms with Gasteiger partial charge in [0.15, 0.2) is 0 Å². The van der Waals surface area contributed by atoms with E-state index in [-0.39, 0.29) is 18.2 Å². The molecular weight excluding hydrogens is 198 g/mol. The Kier molecular flexibility index (Phi) is 2.47. The third-order valence-electron chi connectivity index (χ3n) is 2.25. The van der Waals surface area contributed by atoms with Crippen molar-refractivity contribution in [3.8, 4) is 5.75 Å². The topological polar surface area (TPSA) is 78.8 Å². The van der Waals surface area contributed by atoms with Crippen molar-refractivity contribution in [1.29, 1.82) is 0 Å². The summed E-state index contributed by atoms with van der Waals surface area (Å²) >= 11 is 0. The molecule has 0 bridgehead atoms. The second-order valence-electron chi connectivity index (χ2n) is 3.35. The SMILES string of the molecule is O=C(O)c1ccc2c(c1)OCC(CO)N2. The first-order valence-corrected chi connectivity index (χ1v) is 4.58. The summed E-state index contributed by atoms with van der Waals surface area (Å²) in [7, 11) is 0. The molecule has 2 rings (SSSR count). The van der Waals surface area contributed by atoms with Crippen molar-refractivity contribution in [3.05, 3.63) is 23.8 Å². The van der Waals surface area contributed by atoms with E-state index < -0.39 is 5.97 Å². The Balaban J connectivity index is 2.28. The van der Waals surface area contributed by atoms with Crippen LogP contribution >= 0.6 is 0 Å². The lowest BCUT2D eigenvalue weighted by Crippen LogP contribution is -2.34. The number of carboxylic acid groups (broad SMARTS) is 1. The van der Waals surface area contributed by atoms with Crippen molar-refractivity contribution in [2.45, 2.75) is 6.04 Å². The van der Waals surface area contributed by atoms with E-state index >= 15 is 0 Å². The minimum absolute atomic E-state index is 0.0138. The summed E-state index contributed by atoms with van der Waals surface area (Å²) in [6.07, 6.45) is 0. The molecule has 0 saturated carbocycles. The summed E-state index contributed by atoms with van der Waals surface area (Å²) in [4.78, 5) is 10.7. The number of aromatic carboxylic acids is 1. The third kappa shape index (κ3) is 1.87. The zero-order valence-corrected chi connectivity index (χ0v) is 7.93. The first kappa shape index (κ1) is 9.79. The van der Waals surface area contributed by atoms with E-state index in [4.69, 9.17) is 14.9 Å². The molecule has 80 valence electrons. The predicted molar refractivity (Wildman–Crippen MR) is 53.4 cm³/mol. The molecule has 3 N–H and O–H groups in total. The summed E-state index contributed by atoms with van der Waals surface area (Å²) in [6.45, 7) is 0.326. The molecule has 0 saturated heterocycles. The fourth-order valence-corrected chi connectivity index (χ4v) is 1.44. The van der Waals surface area contributed by atoms with E-state index in [1.165, 1.54) is 12.1 Å². The second kappa shape index (κ2) is 3.78. The molecular formula is C10H11NO4. The van der Waals surface area contributed by atoms with Gasteiger partial charge in [0, 0.05) is 0 Å². The molecule has 0 aliphatic carbocycles. The van der Waals surface area contributed by atoms with Crippen molar-refractivity contribution in [2.24, 2.45) is 0 Å². The fourth-order valence-electron chi connectivity index (χ4n) is 1.44. The summed E-state index contributed by atoms with van der Waals surface area (Å²) < 4.78 is 5.33. The van der Waals surface area contributed by atoms with Crippen LogP contribution in [0.5, 0.6) is 5.75 Å². The van der Waals surface area contributed by atoms with Gasteiger partial charge >= 0.3 is 5.97 Å². The van der Waals surface area contributed by atoms with Gasteiger partial charge < -0.3 is 20.3 Å². The smallest absolute Gasteiger partial charge is 0.335 e. The molecule has 1 aromatic carbocycles. The second-order valence-corrected chi connectivity index (χ2v) is 3.35. The molecule has 1 unspecified atom stereocenters. The normalized spacial score (nSPS) is 18.6.